The molecule has 0 bridgehead atoms. The van der Waals surface area contributed by atoms with Crippen LogP contribution in [0.2, 0.25) is 0 Å². The molecule has 2 aliphatic rings. The highest BCUT2D eigenvalue weighted by Gasteiger charge is 2.38. The van der Waals surface area contributed by atoms with Crippen LogP contribution >= 0.6 is 0 Å². The summed E-state index contributed by atoms with van der Waals surface area (Å²) in [7, 11) is 0. The van der Waals surface area contributed by atoms with Gasteiger partial charge in [0.2, 0.25) is 0 Å². The predicted molar refractivity (Wildman–Crippen MR) is 98.1 cm³/mol. The smallest absolute Gasteiger partial charge is 0.343 e. The second-order valence-corrected chi connectivity index (χ2v) is 7.55. The number of fused-ring (bicyclic) bond motifs is 1. The lowest BCUT2D eigenvalue weighted by Gasteiger charge is -2.20. The van der Waals surface area contributed by atoms with Crippen LogP contribution in [0.25, 0.3) is 0 Å². The second kappa shape index (κ2) is 7.07. The Kier molecular flexibility index (Phi) is 4.65. The van der Waals surface area contributed by atoms with E-state index in [2.05, 4.69) is 12.1 Å². The topological polar surface area (TPSA) is 50.4 Å². The molecule has 1 N–H and O–H groups in total. The zero-order valence-electron chi connectivity index (χ0n) is 14.7. The monoisotopic (exact) mass is 338 g/mol. The summed E-state index contributed by atoms with van der Waals surface area (Å²) in [5.74, 6) is 1.32. The summed E-state index contributed by atoms with van der Waals surface area (Å²) in [6, 6.07) is 10.1. The van der Waals surface area contributed by atoms with Crippen LogP contribution in [0, 0.1) is 5.92 Å². The van der Waals surface area contributed by atoms with Gasteiger partial charge in [-0.15, -0.1) is 0 Å². The molecule has 1 aromatic heterocycles. The van der Waals surface area contributed by atoms with Crippen molar-refractivity contribution in [2.75, 3.05) is 0 Å². The SMILES string of the molecule is O=c1oc2c(c(O)c1C(c1ccccc1)C1CC1)CCCCCCC2. The average Bonchev–Trinajstić information content (AvgIpc) is 3.43. The first-order chi connectivity index (χ1) is 12.3. The lowest BCUT2D eigenvalue weighted by molar-refractivity contribution is 0.391. The first-order valence-corrected chi connectivity index (χ1v) is 9.68. The van der Waals surface area contributed by atoms with E-state index in [1.807, 2.05) is 18.2 Å². The van der Waals surface area contributed by atoms with Gasteiger partial charge in [0.25, 0.3) is 0 Å². The van der Waals surface area contributed by atoms with Crippen LogP contribution in [-0.4, -0.2) is 5.11 Å². The van der Waals surface area contributed by atoms with E-state index in [4.69, 9.17) is 4.42 Å². The van der Waals surface area contributed by atoms with Gasteiger partial charge in [-0.3, -0.25) is 0 Å². The molecule has 0 spiro atoms. The zero-order chi connectivity index (χ0) is 17.2. The van der Waals surface area contributed by atoms with Gasteiger partial charge >= 0.3 is 5.63 Å². The maximum Gasteiger partial charge on any atom is 0.343 e. The van der Waals surface area contributed by atoms with E-state index in [1.165, 1.54) is 19.3 Å². The molecule has 2 aliphatic carbocycles. The highest BCUT2D eigenvalue weighted by molar-refractivity contribution is 5.47. The van der Waals surface area contributed by atoms with E-state index in [0.717, 1.165) is 55.4 Å². The molecule has 0 amide bonds. The maximum atomic E-state index is 12.8. The van der Waals surface area contributed by atoms with E-state index in [9.17, 15) is 9.90 Å². The molecule has 3 nitrogen and oxygen atoms in total. The summed E-state index contributed by atoms with van der Waals surface area (Å²) in [4.78, 5) is 12.8. The number of benzene rings is 1. The fourth-order valence-electron chi connectivity index (χ4n) is 4.24. The molecular formula is C22H26O3. The van der Waals surface area contributed by atoms with Crippen LogP contribution in [0.5, 0.6) is 5.75 Å². The van der Waals surface area contributed by atoms with E-state index < -0.39 is 0 Å². The summed E-state index contributed by atoms with van der Waals surface area (Å²) in [5, 5.41) is 11.1. The van der Waals surface area contributed by atoms with Gasteiger partial charge in [0.05, 0.1) is 5.56 Å². The van der Waals surface area contributed by atoms with E-state index in [0.29, 0.717) is 11.5 Å². The van der Waals surface area contributed by atoms with Crippen LogP contribution in [-0.2, 0) is 12.8 Å². The van der Waals surface area contributed by atoms with Crippen molar-refractivity contribution in [1.82, 2.24) is 0 Å². The first kappa shape index (κ1) is 16.4. The van der Waals surface area contributed by atoms with Gasteiger partial charge in [0, 0.05) is 17.9 Å². The van der Waals surface area contributed by atoms with Crippen molar-refractivity contribution in [3.63, 3.8) is 0 Å². The third-order valence-corrected chi connectivity index (χ3v) is 5.71. The van der Waals surface area contributed by atoms with Crippen molar-refractivity contribution < 1.29 is 9.52 Å². The quantitative estimate of drug-likeness (QED) is 0.862. The van der Waals surface area contributed by atoms with Gasteiger partial charge in [0.15, 0.2) is 0 Å². The summed E-state index contributed by atoms with van der Waals surface area (Å²) in [6.07, 6.45) is 9.43. The molecule has 1 heterocycles. The molecule has 0 saturated heterocycles. The molecule has 1 saturated carbocycles. The van der Waals surface area contributed by atoms with Crippen molar-refractivity contribution in [2.24, 2.45) is 5.92 Å². The molecule has 3 heteroatoms. The van der Waals surface area contributed by atoms with Crippen molar-refractivity contribution in [3.8, 4) is 5.75 Å². The van der Waals surface area contributed by atoms with Crippen LogP contribution in [0.4, 0.5) is 0 Å². The van der Waals surface area contributed by atoms with Crippen molar-refractivity contribution in [2.45, 2.75) is 63.7 Å². The minimum Gasteiger partial charge on any atom is -0.507 e. The minimum atomic E-state index is -0.337. The summed E-state index contributed by atoms with van der Waals surface area (Å²) in [5.41, 5.74) is 2.15. The van der Waals surface area contributed by atoms with Gasteiger partial charge < -0.3 is 9.52 Å². The lowest BCUT2D eigenvalue weighted by atomic mass is 9.86. The third-order valence-electron chi connectivity index (χ3n) is 5.71. The van der Waals surface area contributed by atoms with Gasteiger partial charge in [0.1, 0.15) is 11.5 Å². The van der Waals surface area contributed by atoms with Crippen molar-refractivity contribution in [3.05, 3.63) is 63.2 Å². The Morgan fingerprint density at radius 1 is 0.960 bits per heavy atom. The van der Waals surface area contributed by atoms with Crippen LogP contribution in [0.15, 0.2) is 39.5 Å². The van der Waals surface area contributed by atoms with Crippen LogP contribution < -0.4 is 5.63 Å². The normalized spacial score (nSPS) is 19.4. The molecule has 1 fully saturated rings. The molecule has 4 rings (SSSR count). The molecule has 0 radical (unpaired) electrons. The van der Waals surface area contributed by atoms with E-state index >= 15 is 0 Å². The first-order valence-electron chi connectivity index (χ1n) is 9.68. The Hall–Kier alpha value is -2.03. The standard InChI is InChI=1S/C22H26O3/c23-21-17-11-7-2-1-3-8-12-18(17)25-22(24)20(21)19(16-13-14-16)15-9-5-4-6-10-15/h4-6,9-10,16,19,23H,1-3,7-8,11-14H2. The van der Waals surface area contributed by atoms with Gasteiger partial charge in [-0.1, -0.05) is 49.6 Å². The molecule has 0 aliphatic heterocycles. The van der Waals surface area contributed by atoms with Crippen molar-refractivity contribution in [1.29, 1.82) is 0 Å². The maximum absolute atomic E-state index is 12.8. The van der Waals surface area contributed by atoms with Gasteiger partial charge in [-0.05, 0) is 43.6 Å². The fraction of sp³-hybridized carbons (Fsp3) is 0.500. The Labute approximate surface area is 148 Å². The molecule has 132 valence electrons. The highest BCUT2D eigenvalue weighted by Crippen LogP contribution is 2.48. The predicted octanol–water partition coefficient (Wildman–Crippen LogP) is 4.94. The Bertz CT molecular complexity index is 787. The Morgan fingerprint density at radius 2 is 1.64 bits per heavy atom. The minimum absolute atomic E-state index is 0.0459. The molecule has 2 aromatic rings. The molecular weight excluding hydrogens is 312 g/mol. The fourth-order valence-corrected chi connectivity index (χ4v) is 4.24. The Morgan fingerprint density at radius 3 is 2.36 bits per heavy atom. The summed E-state index contributed by atoms with van der Waals surface area (Å²) >= 11 is 0. The third kappa shape index (κ3) is 3.37. The van der Waals surface area contributed by atoms with E-state index in [-0.39, 0.29) is 17.3 Å². The van der Waals surface area contributed by atoms with E-state index in [1.54, 1.807) is 0 Å². The summed E-state index contributed by atoms with van der Waals surface area (Å²) < 4.78 is 5.77. The molecule has 1 aromatic carbocycles. The van der Waals surface area contributed by atoms with Crippen LogP contribution in [0.1, 0.15) is 73.3 Å². The summed E-state index contributed by atoms with van der Waals surface area (Å²) in [6.45, 7) is 0. The lowest BCUT2D eigenvalue weighted by Crippen LogP contribution is -2.18. The second-order valence-electron chi connectivity index (χ2n) is 7.55. The van der Waals surface area contributed by atoms with Gasteiger partial charge in [-0.25, -0.2) is 4.79 Å². The number of rotatable bonds is 3. The molecule has 1 unspecified atom stereocenters. The van der Waals surface area contributed by atoms with Crippen molar-refractivity contribution >= 4 is 0 Å². The largest absolute Gasteiger partial charge is 0.507 e. The Balaban J connectivity index is 1.82. The van der Waals surface area contributed by atoms with Crippen LogP contribution in [0.3, 0.4) is 0 Å². The molecule has 25 heavy (non-hydrogen) atoms. The highest BCUT2D eigenvalue weighted by atomic mass is 16.4. The number of hydrogen-bond donors (Lipinski definition) is 1. The molecule has 1 atom stereocenters. The number of aromatic hydroxyl groups is 1. The zero-order valence-corrected chi connectivity index (χ0v) is 14.7. The number of aryl methyl sites for hydroxylation is 1. The average molecular weight is 338 g/mol. The van der Waals surface area contributed by atoms with Gasteiger partial charge in [-0.2, -0.15) is 0 Å². The number of hydrogen-bond acceptors (Lipinski definition) is 3.